The number of benzene rings is 1. The second-order valence-corrected chi connectivity index (χ2v) is 7.52. The van der Waals surface area contributed by atoms with E-state index in [0.29, 0.717) is 5.92 Å². The largest absolute Gasteiger partial charge is 0.351 e. The number of aryl methyl sites for hydroxylation is 1. The van der Waals surface area contributed by atoms with Gasteiger partial charge in [-0.3, -0.25) is 4.79 Å². The Hall–Kier alpha value is -1.81. The van der Waals surface area contributed by atoms with Gasteiger partial charge in [0.25, 0.3) is 5.91 Å². The second kappa shape index (κ2) is 7.18. The van der Waals surface area contributed by atoms with Crippen LogP contribution in [0.4, 0.5) is 10.7 Å². The number of anilines is 2. The molecule has 0 spiro atoms. The van der Waals surface area contributed by atoms with Crippen LogP contribution in [0.1, 0.15) is 41.9 Å². The molecule has 1 aliphatic heterocycles. The van der Waals surface area contributed by atoms with E-state index in [1.807, 2.05) is 6.07 Å². The van der Waals surface area contributed by atoms with E-state index < -0.39 is 0 Å². The Kier molecular flexibility index (Phi) is 5.01. The van der Waals surface area contributed by atoms with Crippen molar-refractivity contribution in [2.45, 2.75) is 33.1 Å². The number of carbonyl (C=O) groups is 1. The summed E-state index contributed by atoms with van der Waals surface area (Å²) in [5.41, 5.74) is 2.68. The molecule has 0 fully saturated rings. The number of amides is 1. The molecule has 0 bridgehead atoms. The van der Waals surface area contributed by atoms with Crippen LogP contribution in [0.3, 0.4) is 0 Å². The van der Waals surface area contributed by atoms with E-state index in [0.717, 1.165) is 42.2 Å². The summed E-state index contributed by atoms with van der Waals surface area (Å²) in [5.74, 6) is 0.659. The van der Waals surface area contributed by atoms with Gasteiger partial charge >= 0.3 is 0 Å². The number of hydrogen-bond acceptors (Lipinski definition) is 3. The minimum absolute atomic E-state index is 0.0483. The van der Waals surface area contributed by atoms with E-state index >= 15 is 0 Å². The first-order chi connectivity index (χ1) is 11.1. The van der Waals surface area contributed by atoms with Crippen molar-refractivity contribution in [3.63, 3.8) is 0 Å². The Balaban J connectivity index is 1.71. The Morgan fingerprint density at radius 2 is 2.09 bits per heavy atom. The number of thiophene rings is 1. The molecule has 23 heavy (non-hydrogen) atoms. The zero-order chi connectivity index (χ0) is 16.2. The van der Waals surface area contributed by atoms with E-state index in [1.165, 1.54) is 11.3 Å². The number of fused-ring (bicyclic) bond motifs is 1. The van der Waals surface area contributed by atoms with Crippen LogP contribution in [0, 0.1) is 5.92 Å². The highest BCUT2D eigenvalue weighted by atomic mass is 32.1. The average Bonchev–Trinajstić information content (AvgIpc) is 3.04. The molecule has 0 radical (unpaired) electrons. The van der Waals surface area contributed by atoms with E-state index in [9.17, 15) is 4.79 Å². The van der Waals surface area contributed by atoms with E-state index in [1.54, 1.807) is 11.3 Å². The molecule has 0 saturated carbocycles. The van der Waals surface area contributed by atoms with E-state index in [-0.39, 0.29) is 5.91 Å². The molecule has 0 atom stereocenters. The topological polar surface area (TPSA) is 32.3 Å². The quantitative estimate of drug-likeness (QED) is 0.869. The third-order valence-corrected chi connectivity index (χ3v) is 5.31. The minimum atomic E-state index is 0.0483. The summed E-state index contributed by atoms with van der Waals surface area (Å²) in [4.78, 5) is 15.4. The van der Waals surface area contributed by atoms with Gasteiger partial charge in [-0.25, -0.2) is 0 Å². The summed E-state index contributed by atoms with van der Waals surface area (Å²) >= 11 is 1.58. The Morgan fingerprint density at radius 3 is 2.91 bits per heavy atom. The van der Waals surface area contributed by atoms with Gasteiger partial charge in [0.2, 0.25) is 0 Å². The lowest BCUT2D eigenvalue weighted by Crippen LogP contribution is -2.24. The fraction of sp³-hybridized carbons (Fsp3) is 0.421. The predicted molar refractivity (Wildman–Crippen MR) is 97.9 cm³/mol. The SMILES string of the molecule is CC(C)CCNC(=O)c1ccc(N2CCCc3ccccc32)s1. The molecular formula is C19H24N2OS. The van der Waals surface area contributed by atoms with Crippen LogP contribution in [0.5, 0.6) is 0 Å². The van der Waals surface area contributed by atoms with Gasteiger partial charge in [-0.1, -0.05) is 32.0 Å². The van der Waals surface area contributed by atoms with E-state index in [4.69, 9.17) is 0 Å². The molecular weight excluding hydrogens is 304 g/mol. The highest BCUT2D eigenvalue weighted by Crippen LogP contribution is 2.37. The average molecular weight is 328 g/mol. The molecule has 0 unspecified atom stereocenters. The summed E-state index contributed by atoms with van der Waals surface area (Å²) in [6.45, 7) is 6.11. The van der Waals surface area contributed by atoms with Crippen LogP contribution in [0.15, 0.2) is 36.4 Å². The molecule has 3 rings (SSSR count). The lowest BCUT2D eigenvalue weighted by Gasteiger charge is -2.30. The van der Waals surface area contributed by atoms with Gasteiger partial charge in [0.1, 0.15) is 0 Å². The van der Waals surface area contributed by atoms with Crippen LogP contribution in [-0.4, -0.2) is 19.0 Å². The third-order valence-electron chi connectivity index (χ3n) is 4.20. The van der Waals surface area contributed by atoms with Crippen molar-refractivity contribution in [3.8, 4) is 0 Å². The Morgan fingerprint density at radius 1 is 1.26 bits per heavy atom. The molecule has 4 heteroatoms. The number of nitrogens with one attached hydrogen (secondary N) is 1. The minimum Gasteiger partial charge on any atom is -0.351 e. The van der Waals surface area contributed by atoms with Gasteiger partial charge < -0.3 is 10.2 Å². The summed E-state index contributed by atoms with van der Waals surface area (Å²) in [6, 6.07) is 12.6. The molecule has 0 saturated heterocycles. The van der Waals surface area contributed by atoms with Crippen LogP contribution in [0.25, 0.3) is 0 Å². The molecule has 3 nitrogen and oxygen atoms in total. The fourth-order valence-electron chi connectivity index (χ4n) is 2.92. The Labute approximate surface area is 142 Å². The van der Waals surface area contributed by atoms with Gasteiger partial charge in [0.15, 0.2) is 0 Å². The summed E-state index contributed by atoms with van der Waals surface area (Å²) < 4.78 is 0. The first-order valence-corrected chi connectivity index (χ1v) is 9.20. The van der Waals surface area contributed by atoms with Crippen LogP contribution in [-0.2, 0) is 6.42 Å². The molecule has 1 amide bonds. The van der Waals surface area contributed by atoms with Crippen molar-refractivity contribution in [3.05, 3.63) is 46.8 Å². The predicted octanol–water partition coefficient (Wildman–Crippen LogP) is 4.61. The molecule has 0 aliphatic carbocycles. The van der Waals surface area contributed by atoms with Crippen molar-refractivity contribution in [1.82, 2.24) is 5.32 Å². The maximum absolute atomic E-state index is 12.2. The highest BCUT2D eigenvalue weighted by Gasteiger charge is 2.20. The molecule has 122 valence electrons. The number of hydrogen-bond donors (Lipinski definition) is 1. The zero-order valence-corrected chi connectivity index (χ0v) is 14.7. The molecule has 2 aromatic rings. The van der Waals surface area contributed by atoms with Crippen LogP contribution < -0.4 is 10.2 Å². The molecule has 1 N–H and O–H groups in total. The van der Waals surface area contributed by atoms with Crippen molar-refractivity contribution >= 4 is 27.9 Å². The van der Waals surface area contributed by atoms with Crippen molar-refractivity contribution in [2.24, 2.45) is 5.92 Å². The smallest absolute Gasteiger partial charge is 0.261 e. The normalized spacial score (nSPS) is 14.0. The first kappa shape index (κ1) is 16.1. The standard InChI is InChI=1S/C19H24N2OS/c1-14(2)11-12-20-19(22)17-9-10-18(23-17)21-13-5-7-15-6-3-4-8-16(15)21/h3-4,6,8-10,14H,5,7,11-13H2,1-2H3,(H,20,22). The number of nitrogens with zero attached hydrogens (tertiary/aromatic N) is 1. The maximum Gasteiger partial charge on any atom is 0.261 e. The summed E-state index contributed by atoms with van der Waals surface area (Å²) in [5, 5.41) is 4.18. The van der Waals surface area contributed by atoms with Gasteiger partial charge in [0.05, 0.1) is 9.88 Å². The van der Waals surface area contributed by atoms with Gasteiger partial charge in [-0.2, -0.15) is 0 Å². The van der Waals surface area contributed by atoms with E-state index in [2.05, 4.69) is 54.4 Å². The maximum atomic E-state index is 12.2. The molecule has 2 heterocycles. The number of rotatable bonds is 5. The van der Waals surface area contributed by atoms with Crippen molar-refractivity contribution in [2.75, 3.05) is 18.0 Å². The number of carbonyl (C=O) groups excluding carboxylic acids is 1. The van der Waals surface area contributed by atoms with Crippen molar-refractivity contribution in [1.29, 1.82) is 0 Å². The zero-order valence-electron chi connectivity index (χ0n) is 13.8. The van der Waals surface area contributed by atoms with Gasteiger partial charge in [0, 0.05) is 18.8 Å². The molecule has 1 aromatic heterocycles. The lowest BCUT2D eigenvalue weighted by molar-refractivity contribution is 0.0956. The lowest BCUT2D eigenvalue weighted by atomic mass is 10.0. The number of para-hydroxylation sites is 1. The summed E-state index contributed by atoms with van der Waals surface area (Å²) in [6.07, 6.45) is 3.31. The van der Waals surface area contributed by atoms with Crippen molar-refractivity contribution < 1.29 is 4.79 Å². The first-order valence-electron chi connectivity index (χ1n) is 8.38. The third kappa shape index (κ3) is 3.75. The van der Waals surface area contributed by atoms with Gasteiger partial charge in [-0.05, 0) is 48.9 Å². The van der Waals surface area contributed by atoms with Crippen LogP contribution in [0.2, 0.25) is 0 Å². The summed E-state index contributed by atoms with van der Waals surface area (Å²) in [7, 11) is 0. The van der Waals surface area contributed by atoms with Crippen LogP contribution >= 0.6 is 11.3 Å². The van der Waals surface area contributed by atoms with Gasteiger partial charge in [-0.15, -0.1) is 11.3 Å². The second-order valence-electron chi connectivity index (χ2n) is 6.46. The Bertz CT molecular complexity index is 678. The highest BCUT2D eigenvalue weighted by molar-refractivity contribution is 7.18. The molecule has 1 aliphatic rings. The molecule has 1 aromatic carbocycles. The monoisotopic (exact) mass is 328 g/mol. The fourth-order valence-corrected chi connectivity index (χ4v) is 3.88.